The van der Waals surface area contributed by atoms with E-state index in [2.05, 4.69) is 0 Å². The van der Waals surface area contributed by atoms with Crippen LogP contribution in [0.5, 0.6) is 5.75 Å². The second-order valence-corrected chi connectivity index (χ2v) is 6.80. The van der Waals surface area contributed by atoms with Gasteiger partial charge in [0, 0.05) is 12.5 Å². The number of nitrogens with zero attached hydrogens (tertiary/aromatic N) is 1. The van der Waals surface area contributed by atoms with E-state index in [-0.39, 0.29) is 28.6 Å². The van der Waals surface area contributed by atoms with Gasteiger partial charge in [0.25, 0.3) is 0 Å². The van der Waals surface area contributed by atoms with E-state index in [1.165, 1.54) is 6.07 Å². The standard InChI is InChI=1S/C15H18ClNO4/c1-15(2,3)12-9(7-17(13(12)19)14(20)21)8-4-5-10(16)11(18)6-8/h4-6,9,12,18H,7H2,1-3H3,(H,20,21)/t9-,12?/m0/s1. The summed E-state index contributed by atoms with van der Waals surface area (Å²) in [6.07, 6.45) is -1.24. The van der Waals surface area contributed by atoms with Crippen LogP contribution in [0.2, 0.25) is 5.02 Å². The number of carbonyl (C=O) groups excluding carboxylic acids is 1. The lowest BCUT2D eigenvalue weighted by atomic mass is 9.72. The van der Waals surface area contributed by atoms with Crippen molar-refractivity contribution in [3.05, 3.63) is 28.8 Å². The number of phenols is 1. The first-order valence-corrected chi connectivity index (χ1v) is 7.03. The number of benzene rings is 1. The summed E-state index contributed by atoms with van der Waals surface area (Å²) in [5, 5.41) is 19.1. The van der Waals surface area contributed by atoms with Crippen molar-refractivity contribution in [1.82, 2.24) is 4.90 Å². The number of aromatic hydroxyl groups is 1. The minimum atomic E-state index is -1.24. The Bertz CT molecular complexity index is 594. The third-order valence-corrected chi connectivity index (χ3v) is 4.20. The van der Waals surface area contributed by atoms with Gasteiger partial charge in [0.1, 0.15) is 5.75 Å². The molecule has 114 valence electrons. The summed E-state index contributed by atoms with van der Waals surface area (Å²) in [4.78, 5) is 24.5. The molecular weight excluding hydrogens is 294 g/mol. The fourth-order valence-corrected chi connectivity index (χ4v) is 3.05. The molecule has 1 fully saturated rings. The molecule has 1 heterocycles. The van der Waals surface area contributed by atoms with Gasteiger partial charge in [-0.15, -0.1) is 0 Å². The Labute approximate surface area is 128 Å². The molecule has 5 nitrogen and oxygen atoms in total. The Morgan fingerprint density at radius 1 is 1.38 bits per heavy atom. The number of hydrogen-bond donors (Lipinski definition) is 2. The van der Waals surface area contributed by atoms with Crippen molar-refractivity contribution in [3.8, 4) is 5.75 Å². The van der Waals surface area contributed by atoms with E-state index in [0.717, 1.165) is 4.90 Å². The number of likely N-dealkylation sites (tertiary alicyclic amines) is 1. The highest BCUT2D eigenvalue weighted by Gasteiger charge is 2.49. The van der Waals surface area contributed by atoms with Crippen LogP contribution in [0.4, 0.5) is 4.79 Å². The van der Waals surface area contributed by atoms with Gasteiger partial charge in [0.2, 0.25) is 5.91 Å². The molecule has 1 aromatic carbocycles. The maximum absolute atomic E-state index is 12.4. The Morgan fingerprint density at radius 3 is 2.48 bits per heavy atom. The molecule has 21 heavy (non-hydrogen) atoms. The predicted octanol–water partition coefficient (Wildman–Crippen LogP) is 3.31. The molecule has 2 atom stereocenters. The zero-order valence-corrected chi connectivity index (χ0v) is 12.9. The van der Waals surface area contributed by atoms with Crippen LogP contribution in [0.15, 0.2) is 18.2 Å². The van der Waals surface area contributed by atoms with E-state index in [1.807, 2.05) is 20.8 Å². The van der Waals surface area contributed by atoms with Crippen molar-refractivity contribution in [1.29, 1.82) is 0 Å². The fourth-order valence-electron chi connectivity index (χ4n) is 2.94. The van der Waals surface area contributed by atoms with Gasteiger partial charge in [-0.2, -0.15) is 0 Å². The van der Waals surface area contributed by atoms with Crippen molar-refractivity contribution in [2.24, 2.45) is 11.3 Å². The van der Waals surface area contributed by atoms with E-state index in [0.29, 0.717) is 5.56 Å². The number of hydrogen-bond acceptors (Lipinski definition) is 3. The molecule has 0 aromatic heterocycles. The van der Waals surface area contributed by atoms with Gasteiger partial charge in [-0.1, -0.05) is 38.4 Å². The first-order chi connectivity index (χ1) is 9.62. The Hall–Kier alpha value is -1.75. The lowest BCUT2D eigenvalue weighted by Gasteiger charge is -2.30. The van der Waals surface area contributed by atoms with Crippen molar-refractivity contribution < 1.29 is 19.8 Å². The minimum absolute atomic E-state index is 0.0666. The maximum atomic E-state index is 12.4. The summed E-state index contributed by atoms with van der Waals surface area (Å²) in [6, 6.07) is 4.79. The molecule has 2 amide bonds. The quantitative estimate of drug-likeness (QED) is 0.834. The fraction of sp³-hybridized carbons (Fsp3) is 0.467. The van der Waals surface area contributed by atoms with Crippen LogP contribution < -0.4 is 0 Å². The topological polar surface area (TPSA) is 77.8 Å². The first-order valence-electron chi connectivity index (χ1n) is 6.65. The molecule has 1 unspecified atom stereocenters. The normalized spacial score (nSPS) is 22.7. The Kier molecular flexibility index (Phi) is 3.89. The Morgan fingerprint density at radius 2 is 2.00 bits per heavy atom. The molecule has 2 N–H and O–H groups in total. The van der Waals surface area contributed by atoms with E-state index in [9.17, 15) is 14.7 Å². The highest BCUT2D eigenvalue weighted by Crippen LogP contribution is 2.45. The van der Waals surface area contributed by atoms with Gasteiger partial charge in [0.15, 0.2) is 0 Å². The molecule has 0 bridgehead atoms. The number of rotatable bonds is 1. The van der Waals surface area contributed by atoms with Crippen molar-refractivity contribution in [2.45, 2.75) is 26.7 Å². The summed E-state index contributed by atoms with van der Waals surface area (Å²) < 4.78 is 0. The van der Waals surface area contributed by atoms with Crippen molar-refractivity contribution in [3.63, 3.8) is 0 Å². The molecular formula is C15H18ClNO4. The molecule has 2 rings (SSSR count). The predicted molar refractivity (Wildman–Crippen MR) is 78.5 cm³/mol. The molecule has 0 spiro atoms. The van der Waals surface area contributed by atoms with Crippen molar-refractivity contribution in [2.75, 3.05) is 6.54 Å². The zero-order valence-electron chi connectivity index (χ0n) is 12.1. The van der Waals surface area contributed by atoms with Gasteiger partial charge in [-0.3, -0.25) is 4.79 Å². The molecule has 0 saturated carbocycles. The van der Waals surface area contributed by atoms with Crippen LogP contribution in [-0.4, -0.2) is 33.7 Å². The zero-order chi connectivity index (χ0) is 15.9. The molecule has 1 aliphatic heterocycles. The van der Waals surface area contributed by atoms with E-state index >= 15 is 0 Å². The summed E-state index contributed by atoms with van der Waals surface area (Å²) in [6.45, 7) is 5.81. The number of carboxylic acid groups (broad SMARTS) is 1. The third kappa shape index (κ3) is 2.83. The lowest BCUT2D eigenvalue weighted by Crippen LogP contribution is -2.36. The number of phenolic OH excluding ortho intramolecular Hbond substituents is 1. The largest absolute Gasteiger partial charge is 0.506 e. The Balaban J connectivity index is 2.46. The SMILES string of the molecule is CC(C)(C)C1C(=O)N(C(=O)O)C[C@H]1c1ccc(Cl)c(O)c1. The monoisotopic (exact) mass is 311 g/mol. The highest BCUT2D eigenvalue weighted by atomic mass is 35.5. The number of carbonyl (C=O) groups is 2. The second-order valence-electron chi connectivity index (χ2n) is 6.39. The lowest BCUT2D eigenvalue weighted by molar-refractivity contribution is -0.132. The van der Waals surface area contributed by atoms with Gasteiger partial charge >= 0.3 is 6.09 Å². The van der Waals surface area contributed by atoms with Crippen LogP contribution in [-0.2, 0) is 4.79 Å². The van der Waals surface area contributed by atoms with Gasteiger partial charge in [0.05, 0.1) is 10.9 Å². The number of amides is 2. The average Bonchev–Trinajstić information content (AvgIpc) is 2.70. The van der Waals surface area contributed by atoms with Crippen LogP contribution in [0.1, 0.15) is 32.3 Å². The van der Waals surface area contributed by atoms with E-state index < -0.39 is 17.9 Å². The molecule has 0 radical (unpaired) electrons. The maximum Gasteiger partial charge on any atom is 0.414 e. The molecule has 0 aliphatic carbocycles. The van der Waals surface area contributed by atoms with Crippen LogP contribution in [0.3, 0.4) is 0 Å². The van der Waals surface area contributed by atoms with Gasteiger partial charge < -0.3 is 10.2 Å². The minimum Gasteiger partial charge on any atom is -0.506 e. The number of halogens is 1. The smallest absolute Gasteiger partial charge is 0.414 e. The third-order valence-electron chi connectivity index (χ3n) is 3.88. The molecule has 6 heteroatoms. The van der Waals surface area contributed by atoms with E-state index in [4.69, 9.17) is 16.7 Å². The first kappa shape index (κ1) is 15.6. The molecule has 1 aromatic rings. The van der Waals surface area contributed by atoms with Gasteiger partial charge in [-0.05, 0) is 23.1 Å². The molecule has 1 aliphatic rings. The van der Waals surface area contributed by atoms with Crippen molar-refractivity contribution >= 4 is 23.6 Å². The number of imide groups is 1. The molecule has 1 saturated heterocycles. The second kappa shape index (κ2) is 5.22. The highest BCUT2D eigenvalue weighted by molar-refractivity contribution is 6.32. The summed E-state index contributed by atoms with van der Waals surface area (Å²) in [5.74, 6) is -1.22. The van der Waals surface area contributed by atoms with E-state index in [1.54, 1.807) is 12.1 Å². The van der Waals surface area contributed by atoms with Gasteiger partial charge in [-0.25, -0.2) is 9.69 Å². The average molecular weight is 312 g/mol. The van der Waals surface area contributed by atoms with Crippen LogP contribution >= 0.6 is 11.6 Å². The summed E-state index contributed by atoms with van der Waals surface area (Å²) in [5.41, 5.74) is 0.329. The van der Waals surface area contributed by atoms with Crippen LogP contribution in [0, 0.1) is 11.3 Å². The summed E-state index contributed by atoms with van der Waals surface area (Å²) in [7, 11) is 0. The summed E-state index contributed by atoms with van der Waals surface area (Å²) >= 11 is 5.80. The van der Waals surface area contributed by atoms with Crippen LogP contribution in [0.25, 0.3) is 0 Å².